The number of thiazole rings is 1. The number of thiophene rings is 1. The average Bonchev–Trinajstić information content (AvgIpc) is 3.07. The summed E-state index contributed by atoms with van der Waals surface area (Å²) in [5.41, 5.74) is 0. The molecule has 0 aliphatic carbocycles. The molecule has 0 amide bonds. The van der Waals surface area contributed by atoms with Crippen LogP contribution in [0, 0.1) is 6.92 Å². The van der Waals surface area contributed by atoms with Crippen molar-refractivity contribution in [3.05, 3.63) is 38.5 Å². The lowest BCUT2D eigenvalue weighted by molar-refractivity contribution is 0.804. The van der Waals surface area contributed by atoms with E-state index in [2.05, 4.69) is 52.0 Å². The Labute approximate surface area is 128 Å². The molecule has 0 bridgehead atoms. The van der Waals surface area contributed by atoms with Crippen LogP contribution in [0.4, 0.5) is 0 Å². The van der Waals surface area contributed by atoms with Gasteiger partial charge >= 0.3 is 0 Å². The molecular formula is C14H20N4S2. The van der Waals surface area contributed by atoms with Crippen molar-refractivity contribution in [2.75, 3.05) is 13.1 Å². The summed E-state index contributed by atoms with van der Waals surface area (Å²) >= 11 is 3.49. The predicted octanol–water partition coefficient (Wildman–Crippen LogP) is 2.81. The van der Waals surface area contributed by atoms with Gasteiger partial charge in [0, 0.05) is 29.0 Å². The van der Waals surface area contributed by atoms with Crippen LogP contribution in [-0.4, -0.2) is 24.0 Å². The van der Waals surface area contributed by atoms with Crippen molar-refractivity contribution in [1.82, 2.24) is 15.6 Å². The maximum Gasteiger partial charge on any atom is 0.191 e. The van der Waals surface area contributed by atoms with Crippen LogP contribution in [0.1, 0.15) is 21.7 Å². The van der Waals surface area contributed by atoms with E-state index < -0.39 is 0 Å². The number of hydrogen-bond donors (Lipinski definition) is 2. The topological polar surface area (TPSA) is 49.3 Å². The molecule has 0 spiro atoms. The Hall–Kier alpha value is -1.40. The lowest BCUT2D eigenvalue weighted by Gasteiger charge is -2.10. The van der Waals surface area contributed by atoms with Crippen molar-refractivity contribution >= 4 is 28.6 Å². The van der Waals surface area contributed by atoms with Crippen LogP contribution < -0.4 is 10.6 Å². The van der Waals surface area contributed by atoms with Crippen molar-refractivity contribution in [3.8, 4) is 0 Å². The summed E-state index contributed by atoms with van der Waals surface area (Å²) in [6, 6.07) is 4.25. The van der Waals surface area contributed by atoms with Crippen LogP contribution in [0.15, 0.2) is 28.7 Å². The number of nitrogens with zero attached hydrogens (tertiary/aromatic N) is 2. The van der Waals surface area contributed by atoms with Crippen LogP contribution in [-0.2, 0) is 13.0 Å². The molecule has 2 heterocycles. The third-order valence-electron chi connectivity index (χ3n) is 2.63. The van der Waals surface area contributed by atoms with Gasteiger partial charge in [0.1, 0.15) is 5.01 Å². The number of aromatic nitrogens is 1. The van der Waals surface area contributed by atoms with Gasteiger partial charge in [0.25, 0.3) is 0 Å². The van der Waals surface area contributed by atoms with Gasteiger partial charge in [-0.2, -0.15) is 0 Å². The van der Waals surface area contributed by atoms with Gasteiger partial charge in [-0.25, -0.2) is 9.98 Å². The van der Waals surface area contributed by atoms with Gasteiger partial charge in [0.15, 0.2) is 5.96 Å². The lowest BCUT2D eigenvalue weighted by Crippen LogP contribution is -2.38. The van der Waals surface area contributed by atoms with Crippen molar-refractivity contribution in [3.63, 3.8) is 0 Å². The van der Waals surface area contributed by atoms with Gasteiger partial charge < -0.3 is 10.6 Å². The van der Waals surface area contributed by atoms with E-state index in [1.54, 1.807) is 22.7 Å². The van der Waals surface area contributed by atoms with Gasteiger partial charge in [-0.1, -0.05) is 6.07 Å². The third kappa shape index (κ3) is 4.94. The Morgan fingerprint density at radius 3 is 2.95 bits per heavy atom. The summed E-state index contributed by atoms with van der Waals surface area (Å²) in [6.45, 7) is 6.52. The lowest BCUT2D eigenvalue weighted by atomic mass is 10.3. The number of aliphatic imine (C=N–C) groups is 1. The molecule has 0 aromatic carbocycles. The fourth-order valence-electron chi connectivity index (χ4n) is 1.72. The average molecular weight is 308 g/mol. The minimum atomic E-state index is 0.632. The van der Waals surface area contributed by atoms with Crippen LogP contribution in [0.25, 0.3) is 0 Å². The third-order valence-corrected chi connectivity index (χ3v) is 4.46. The molecular weight excluding hydrogens is 288 g/mol. The highest BCUT2D eigenvalue weighted by Gasteiger charge is 2.01. The summed E-state index contributed by atoms with van der Waals surface area (Å²) in [5, 5.41) is 9.78. The maximum atomic E-state index is 4.56. The Kier molecular flexibility index (Phi) is 6.01. The van der Waals surface area contributed by atoms with Gasteiger partial charge in [-0.3, -0.25) is 0 Å². The molecule has 2 aromatic heterocycles. The van der Waals surface area contributed by atoms with E-state index in [1.807, 2.05) is 6.20 Å². The largest absolute Gasteiger partial charge is 0.357 e. The Bertz CT molecular complexity index is 531. The number of hydrogen-bond acceptors (Lipinski definition) is 4. The molecule has 0 unspecified atom stereocenters. The van der Waals surface area contributed by atoms with Crippen molar-refractivity contribution < 1.29 is 0 Å². The molecule has 6 heteroatoms. The van der Waals surface area contributed by atoms with Crippen molar-refractivity contribution in [2.24, 2.45) is 4.99 Å². The smallest absolute Gasteiger partial charge is 0.191 e. The van der Waals surface area contributed by atoms with Crippen LogP contribution in [0.2, 0.25) is 0 Å². The molecule has 0 fully saturated rings. The molecule has 2 N–H and O–H groups in total. The first-order chi connectivity index (χ1) is 9.78. The zero-order valence-corrected chi connectivity index (χ0v) is 13.5. The molecule has 2 rings (SSSR count). The highest BCUT2D eigenvalue weighted by atomic mass is 32.1. The summed E-state index contributed by atoms with van der Waals surface area (Å²) in [6.07, 6.45) is 2.92. The molecule has 108 valence electrons. The molecule has 0 saturated carbocycles. The second kappa shape index (κ2) is 8.01. The monoisotopic (exact) mass is 308 g/mol. The minimum absolute atomic E-state index is 0.632. The highest BCUT2D eigenvalue weighted by molar-refractivity contribution is 7.11. The van der Waals surface area contributed by atoms with E-state index >= 15 is 0 Å². The number of nitrogens with one attached hydrogen (secondary N) is 2. The predicted molar refractivity (Wildman–Crippen MR) is 87.7 cm³/mol. The second-order valence-corrected chi connectivity index (χ2v) is 6.67. The Balaban J connectivity index is 1.82. The van der Waals surface area contributed by atoms with Crippen LogP contribution in [0.3, 0.4) is 0 Å². The van der Waals surface area contributed by atoms with E-state index in [0.717, 1.165) is 30.5 Å². The molecule has 0 atom stereocenters. The fraction of sp³-hybridized carbons (Fsp3) is 0.429. The fourth-order valence-corrected chi connectivity index (χ4v) is 3.14. The Morgan fingerprint density at radius 1 is 1.40 bits per heavy atom. The van der Waals surface area contributed by atoms with E-state index in [9.17, 15) is 0 Å². The van der Waals surface area contributed by atoms with Gasteiger partial charge in [-0.05, 0) is 31.7 Å². The molecule has 2 aromatic rings. The molecule has 0 radical (unpaired) electrons. The number of aryl methyl sites for hydroxylation is 1. The van der Waals surface area contributed by atoms with Crippen LogP contribution in [0.5, 0.6) is 0 Å². The molecule has 0 aliphatic rings. The van der Waals surface area contributed by atoms with E-state index in [1.165, 1.54) is 9.75 Å². The quantitative estimate of drug-likeness (QED) is 0.637. The first kappa shape index (κ1) is 15.0. The maximum absolute atomic E-state index is 4.56. The summed E-state index contributed by atoms with van der Waals surface area (Å²) in [4.78, 5) is 11.5. The highest BCUT2D eigenvalue weighted by Crippen LogP contribution is 2.11. The minimum Gasteiger partial charge on any atom is -0.357 e. The normalized spacial score (nSPS) is 11.6. The SMILES string of the molecule is CCNC(=NCc1ncc(C)s1)NCCc1cccs1. The second-order valence-electron chi connectivity index (χ2n) is 4.32. The van der Waals surface area contributed by atoms with Gasteiger partial charge in [0.2, 0.25) is 0 Å². The van der Waals surface area contributed by atoms with Crippen molar-refractivity contribution in [1.29, 1.82) is 0 Å². The van der Waals surface area contributed by atoms with E-state index in [0.29, 0.717) is 6.54 Å². The van der Waals surface area contributed by atoms with Crippen LogP contribution >= 0.6 is 22.7 Å². The first-order valence-electron chi connectivity index (χ1n) is 6.74. The molecule has 0 saturated heterocycles. The first-order valence-corrected chi connectivity index (χ1v) is 8.43. The van der Waals surface area contributed by atoms with E-state index in [4.69, 9.17) is 0 Å². The summed E-state index contributed by atoms with van der Waals surface area (Å²) < 4.78 is 0. The Morgan fingerprint density at radius 2 is 2.30 bits per heavy atom. The van der Waals surface area contributed by atoms with Crippen molar-refractivity contribution in [2.45, 2.75) is 26.8 Å². The summed E-state index contributed by atoms with van der Waals surface area (Å²) in [5.74, 6) is 0.858. The van der Waals surface area contributed by atoms with Gasteiger partial charge in [-0.15, -0.1) is 22.7 Å². The summed E-state index contributed by atoms with van der Waals surface area (Å²) in [7, 11) is 0. The zero-order chi connectivity index (χ0) is 14.2. The molecule has 4 nitrogen and oxygen atoms in total. The zero-order valence-electron chi connectivity index (χ0n) is 11.8. The molecule has 0 aliphatic heterocycles. The molecule has 20 heavy (non-hydrogen) atoms. The van der Waals surface area contributed by atoms with E-state index in [-0.39, 0.29) is 0 Å². The number of rotatable bonds is 6. The standard InChI is InChI=1S/C14H20N4S2/c1-3-15-14(16-7-6-12-5-4-8-19-12)18-10-13-17-9-11(2)20-13/h4-5,8-9H,3,6-7,10H2,1-2H3,(H2,15,16,18). The van der Waals surface area contributed by atoms with Gasteiger partial charge in [0.05, 0.1) is 6.54 Å². The number of guanidine groups is 1.